The van der Waals surface area contributed by atoms with E-state index in [1.54, 1.807) is 7.11 Å². The van der Waals surface area contributed by atoms with E-state index in [0.717, 1.165) is 19.4 Å². The summed E-state index contributed by atoms with van der Waals surface area (Å²) >= 11 is 0. The third-order valence-electron chi connectivity index (χ3n) is 9.15. The molecule has 0 aliphatic carbocycles. The molecule has 0 aliphatic heterocycles. The number of amides is 1. The number of hydrogen-bond acceptors (Lipinski definition) is 6. The van der Waals surface area contributed by atoms with Crippen LogP contribution in [0.25, 0.3) is 0 Å². The van der Waals surface area contributed by atoms with Crippen LogP contribution in [-0.4, -0.2) is 72.1 Å². The zero-order chi connectivity index (χ0) is 34.9. The van der Waals surface area contributed by atoms with E-state index in [0.29, 0.717) is 39.6 Å². The van der Waals surface area contributed by atoms with Gasteiger partial charge >= 0.3 is 6.09 Å². The number of ether oxygens (including phenoxy) is 5. The predicted molar refractivity (Wildman–Crippen MR) is 203 cm³/mol. The van der Waals surface area contributed by atoms with Gasteiger partial charge in [-0.15, -0.1) is 0 Å². The average Bonchev–Trinajstić information content (AvgIpc) is 3.09. The van der Waals surface area contributed by atoms with E-state index in [-0.39, 0.29) is 12.7 Å². The molecule has 0 bridgehead atoms. The molecule has 0 saturated carbocycles. The lowest BCUT2D eigenvalue weighted by atomic mass is 10.0. The summed E-state index contributed by atoms with van der Waals surface area (Å²) in [6.45, 7) is 8.55. The van der Waals surface area contributed by atoms with E-state index in [1.165, 1.54) is 167 Å². The largest absolute Gasteiger partial charge is 0.447 e. The van der Waals surface area contributed by atoms with Crippen molar-refractivity contribution in [2.45, 2.75) is 200 Å². The summed E-state index contributed by atoms with van der Waals surface area (Å²) in [6.07, 6.45) is 37.0. The van der Waals surface area contributed by atoms with Crippen LogP contribution in [0.2, 0.25) is 0 Å². The van der Waals surface area contributed by atoms with Crippen LogP contribution in [0.4, 0.5) is 4.79 Å². The molecule has 1 N–H and O–H groups in total. The maximum Gasteiger partial charge on any atom is 0.407 e. The Labute approximate surface area is 299 Å². The number of hydrogen-bond donors (Lipinski definition) is 1. The molecule has 0 fully saturated rings. The van der Waals surface area contributed by atoms with Gasteiger partial charge in [-0.2, -0.15) is 0 Å². The Balaban J connectivity index is 3.96. The van der Waals surface area contributed by atoms with Gasteiger partial charge in [0.2, 0.25) is 0 Å². The van der Waals surface area contributed by atoms with Crippen LogP contribution in [0.1, 0.15) is 194 Å². The fraction of sp³-hybridized carbons (Fsp3) is 0.976. The Bertz CT molecular complexity index is 607. The highest BCUT2D eigenvalue weighted by molar-refractivity contribution is 5.67. The van der Waals surface area contributed by atoms with Gasteiger partial charge in [-0.05, 0) is 12.8 Å². The number of carbonyl (C=O) groups excluding carboxylic acids is 1. The third-order valence-corrected chi connectivity index (χ3v) is 9.15. The molecule has 48 heavy (non-hydrogen) atoms. The Morgan fingerprint density at radius 1 is 0.458 bits per heavy atom. The molecular weight excluding hydrogens is 602 g/mol. The van der Waals surface area contributed by atoms with E-state index in [9.17, 15) is 4.79 Å². The second-order valence-corrected chi connectivity index (χ2v) is 13.9. The van der Waals surface area contributed by atoms with Crippen LogP contribution in [0.3, 0.4) is 0 Å². The molecule has 0 aromatic heterocycles. The molecule has 7 nitrogen and oxygen atoms in total. The van der Waals surface area contributed by atoms with Crippen molar-refractivity contribution in [3.8, 4) is 0 Å². The fourth-order valence-electron chi connectivity index (χ4n) is 5.99. The van der Waals surface area contributed by atoms with Crippen LogP contribution in [-0.2, 0) is 23.7 Å². The lowest BCUT2D eigenvalue weighted by molar-refractivity contribution is -0.0469. The van der Waals surface area contributed by atoms with Crippen LogP contribution in [0.15, 0.2) is 0 Å². The summed E-state index contributed by atoms with van der Waals surface area (Å²) < 4.78 is 27.9. The summed E-state index contributed by atoms with van der Waals surface area (Å²) in [5, 5.41) is 2.74. The molecule has 1 amide bonds. The van der Waals surface area contributed by atoms with Gasteiger partial charge in [0, 0.05) is 26.9 Å². The molecule has 0 aromatic rings. The number of rotatable bonds is 41. The van der Waals surface area contributed by atoms with Crippen molar-refractivity contribution in [1.29, 1.82) is 0 Å². The summed E-state index contributed by atoms with van der Waals surface area (Å²) in [5.74, 6) is 0. The molecule has 0 rings (SSSR count). The van der Waals surface area contributed by atoms with E-state index in [1.807, 2.05) is 0 Å². The minimum Gasteiger partial charge on any atom is -0.447 e. The standard InChI is InChI=1S/C41H83NO6/c1-4-6-8-10-12-14-16-18-20-22-24-26-28-30-33-46-38-40(39-48-41(43)42-32-35-45-37-36-44-3)47-34-31-29-27-25-23-21-19-17-15-13-11-9-7-5-2/h40H,4-39H2,1-3H3,(H,42,43). The van der Waals surface area contributed by atoms with Gasteiger partial charge < -0.3 is 29.0 Å². The minimum absolute atomic E-state index is 0.202. The number of carbonyl (C=O) groups is 1. The molecule has 1 atom stereocenters. The van der Waals surface area contributed by atoms with Crippen LogP contribution in [0, 0.1) is 0 Å². The van der Waals surface area contributed by atoms with Crippen molar-refractivity contribution in [3.05, 3.63) is 0 Å². The summed E-state index contributed by atoms with van der Waals surface area (Å²) in [4.78, 5) is 12.2. The second kappa shape index (κ2) is 42.3. The number of unbranched alkanes of at least 4 members (excludes halogenated alkanes) is 26. The van der Waals surface area contributed by atoms with Crippen LogP contribution >= 0.6 is 0 Å². The highest BCUT2D eigenvalue weighted by Gasteiger charge is 2.13. The molecule has 0 saturated heterocycles. The molecule has 0 spiro atoms. The predicted octanol–water partition coefficient (Wildman–Crippen LogP) is 11.7. The van der Waals surface area contributed by atoms with Crippen molar-refractivity contribution < 1.29 is 28.5 Å². The van der Waals surface area contributed by atoms with Gasteiger partial charge in [0.25, 0.3) is 0 Å². The van der Waals surface area contributed by atoms with Crippen molar-refractivity contribution in [1.82, 2.24) is 5.32 Å². The maximum atomic E-state index is 12.2. The summed E-state index contributed by atoms with van der Waals surface area (Å²) in [7, 11) is 1.64. The van der Waals surface area contributed by atoms with Crippen LogP contribution < -0.4 is 5.32 Å². The topological polar surface area (TPSA) is 75.3 Å². The zero-order valence-corrected chi connectivity index (χ0v) is 32.5. The summed E-state index contributed by atoms with van der Waals surface area (Å²) in [6, 6.07) is 0. The Hall–Kier alpha value is -0.890. The summed E-state index contributed by atoms with van der Waals surface area (Å²) in [5.41, 5.74) is 0. The molecule has 0 heterocycles. The first kappa shape index (κ1) is 47.1. The Morgan fingerprint density at radius 3 is 1.31 bits per heavy atom. The molecule has 288 valence electrons. The average molecular weight is 686 g/mol. The quantitative estimate of drug-likeness (QED) is 0.0646. The Morgan fingerprint density at radius 2 is 0.875 bits per heavy atom. The molecule has 0 aliphatic rings. The smallest absolute Gasteiger partial charge is 0.407 e. The van der Waals surface area contributed by atoms with Crippen molar-refractivity contribution in [2.75, 3.05) is 59.9 Å². The number of alkyl carbamates (subject to hydrolysis) is 1. The van der Waals surface area contributed by atoms with E-state index in [4.69, 9.17) is 23.7 Å². The lowest BCUT2D eigenvalue weighted by Crippen LogP contribution is -2.33. The lowest BCUT2D eigenvalue weighted by Gasteiger charge is -2.18. The molecule has 7 heteroatoms. The fourth-order valence-corrected chi connectivity index (χ4v) is 5.99. The molecule has 0 radical (unpaired) electrons. The minimum atomic E-state index is -0.442. The van der Waals surface area contributed by atoms with Crippen molar-refractivity contribution in [3.63, 3.8) is 0 Å². The van der Waals surface area contributed by atoms with Gasteiger partial charge in [-0.25, -0.2) is 4.79 Å². The van der Waals surface area contributed by atoms with Crippen molar-refractivity contribution in [2.24, 2.45) is 0 Å². The van der Waals surface area contributed by atoms with Crippen LogP contribution in [0.5, 0.6) is 0 Å². The number of methoxy groups -OCH3 is 1. The zero-order valence-electron chi connectivity index (χ0n) is 32.5. The first-order chi connectivity index (χ1) is 23.7. The molecule has 1 unspecified atom stereocenters. The van der Waals surface area contributed by atoms with E-state index < -0.39 is 6.09 Å². The first-order valence-corrected chi connectivity index (χ1v) is 20.9. The molecule has 0 aromatic carbocycles. The van der Waals surface area contributed by atoms with Crippen molar-refractivity contribution >= 4 is 6.09 Å². The monoisotopic (exact) mass is 686 g/mol. The van der Waals surface area contributed by atoms with Gasteiger partial charge in [0.1, 0.15) is 12.7 Å². The molecular formula is C41H83NO6. The Kier molecular flexibility index (Phi) is 41.5. The highest BCUT2D eigenvalue weighted by Crippen LogP contribution is 2.14. The van der Waals surface area contributed by atoms with Gasteiger partial charge in [-0.1, -0.05) is 181 Å². The number of nitrogens with one attached hydrogen (secondary N) is 1. The highest BCUT2D eigenvalue weighted by atomic mass is 16.6. The maximum absolute atomic E-state index is 12.2. The van der Waals surface area contributed by atoms with Gasteiger partial charge in [0.15, 0.2) is 0 Å². The van der Waals surface area contributed by atoms with Gasteiger partial charge in [-0.3, -0.25) is 0 Å². The third kappa shape index (κ3) is 39.5. The normalized spacial score (nSPS) is 12.1. The van der Waals surface area contributed by atoms with E-state index in [2.05, 4.69) is 19.2 Å². The first-order valence-electron chi connectivity index (χ1n) is 20.9. The SMILES string of the molecule is CCCCCCCCCCCCCCCCOCC(COC(=O)NCCOCCOC)OCCCCCCCCCCCCCCCC. The van der Waals surface area contributed by atoms with Gasteiger partial charge in [0.05, 0.1) is 26.4 Å². The van der Waals surface area contributed by atoms with E-state index >= 15 is 0 Å². The second-order valence-electron chi connectivity index (χ2n) is 13.9.